The maximum Gasteiger partial charge on any atom is 0.389 e. The van der Waals surface area contributed by atoms with Crippen LogP contribution >= 0.6 is 0 Å². The van der Waals surface area contributed by atoms with Crippen LogP contribution in [0.2, 0.25) is 0 Å². The van der Waals surface area contributed by atoms with Crippen LogP contribution in [0.4, 0.5) is 13.2 Å². The van der Waals surface area contributed by atoms with Crippen LogP contribution in [0.5, 0.6) is 0 Å². The highest BCUT2D eigenvalue weighted by atomic mass is 19.4. The Morgan fingerprint density at radius 2 is 1.76 bits per heavy atom. The van der Waals surface area contributed by atoms with Crippen molar-refractivity contribution in [3.05, 3.63) is 35.4 Å². The molecule has 0 unspecified atom stereocenters. The highest BCUT2D eigenvalue weighted by Gasteiger charge is 2.28. The standard InChI is InChI=1S/C12H14F3NO/c13-12(14,15)7-5-11(17)10-3-1-9(2-4-10)6-8-16/h1-4H,5-8,16H2. The van der Waals surface area contributed by atoms with Crippen molar-refractivity contribution >= 4 is 5.78 Å². The SMILES string of the molecule is NCCc1ccc(C(=O)CCC(F)(F)F)cc1. The lowest BCUT2D eigenvalue weighted by atomic mass is 10.0. The van der Waals surface area contributed by atoms with Crippen molar-refractivity contribution in [2.45, 2.75) is 25.4 Å². The van der Waals surface area contributed by atoms with E-state index < -0.39 is 24.8 Å². The van der Waals surface area contributed by atoms with E-state index in [-0.39, 0.29) is 0 Å². The number of halogens is 3. The van der Waals surface area contributed by atoms with E-state index >= 15 is 0 Å². The molecule has 2 N–H and O–H groups in total. The fourth-order valence-corrected chi connectivity index (χ4v) is 1.42. The lowest BCUT2D eigenvalue weighted by Crippen LogP contribution is -2.11. The Balaban J connectivity index is 2.57. The van der Waals surface area contributed by atoms with E-state index in [0.29, 0.717) is 18.5 Å². The molecule has 5 heteroatoms. The number of carbonyl (C=O) groups excluding carboxylic acids is 1. The van der Waals surface area contributed by atoms with Crippen LogP contribution in [0.3, 0.4) is 0 Å². The molecule has 17 heavy (non-hydrogen) atoms. The third kappa shape index (κ3) is 4.99. The molecule has 0 heterocycles. The molecule has 0 spiro atoms. The minimum absolute atomic E-state index is 0.315. The van der Waals surface area contributed by atoms with Gasteiger partial charge in [-0.15, -0.1) is 0 Å². The van der Waals surface area contributed by atoms with Crippen molar-refractivity contribution < 1.29 is 18.0 Å². The van der Waals surface area contributed by atoms with E-state index in [1.807, 2.05) is 0 Å². The predicted molar refractivity (Wildman–Crippen MR) is 58.8 cm³/mol. The molecule has 0 amide bonds. The molecule has 1 aromatic carbocycles. The van der Waals surface area contributed by atoms with E-state index in [1.54, 1.807) is 24.3 Å². The Morgan fingerprint density at radius 1 is 1.18 bits per heavy atom. The average molecular weight is 245 g/mol. The van der Waals surface area contributed by atoms with E-state index in [1.165, 1.54) is 0 Å². The number of hydrogen-bond acceptors (Lipinski definition) is 2. The number of carbonyl (C=O) groups is 1. The molecule has 0 aliphatic heterocycles. The van der Waals surface area contributed by atoms with Crippen LogP contribution in [-0.2, 0) is 6.42 Å². The second-order valence-corrected chi connectivity index (χ2v) is 3.77. The third-order valence-corrected chi connectivity index (χ3v) is 2.34. The summed E-state index contributed by atoms with van der Waals surface area (Å²) in [4.78, 5) is 11.4. The summed E-state index contributed by atoms with van der Waals surface area (Å²) >= 11 is 0. The second kappa shape index (κ2) is 5.82. The fraction of sp³-hybridized carbons (Fsp3) is 0.417. The van der Waals surface area contributed by atoms with Gasteiger partial charge in [0.2, 0.25) is 0 Å². The number of benzene rings is 1. The average Bonchev–Trinajstić information content (AvgIpc) is 2.26. The quantitative estimate of drug-likeness (QED) is 0.810. The highest BCUT2D eigenvalue weighted by Crippen LogP contribution is 2.22. The first kappa shape index (κ1) is 13.7. The summed E-state index contributed by atoms with van der Waals surface area (Å²) in [6, 6.07) is 6.52. The largest absolute Gasteiger partial charge is 0.389 e. The molecule has 0 aliphatic rings. The van der Waals surface area contributed by atoms with Gasteiger partial charge in [0.15, 0.2) is 5.78 Å². The molecule has 1 aromatic rings. The second-order valence-electron chi connectivity index (χ2n) is 3.77. The van der Waals surface area contributed by atoms with Crippen LogP contribution in [0, 0.1) is 0 Å². The van der Waals surface area contributed by atoms with Gasteiger partial charge in [-0.1, -0.05) is 24.3 Å². The van der Waals surface area contributed by atoms with Gasteiger partial charge in [-0.05, 0) is 18.5 Å². The van der Waals surface area contributed by atoms with E-state index in [9.17, 15) is 18.0 Å². The molecular weight excluding hydrogens is 231 g/mol. The number of alkyl halides is 3. The first-order valence-electron chi connectivity index (χ1n) is 5.31. The maximum atomic E-state index is 11.9. The van der Waals surface area contributed by atoms with Gasteiger partial charge in [0, 0.05) is 12.0 Å². The van der Waals surface area contributed by atoms with Crippen LogP contribution in [-0.4, -0.2) is 18.5 Å². The molecule has 2 nitrogen and oxygen atoms in total. The lowest BCUT2D eigenvalue weighted by molar-refractivity contribution is -0.133. The Bertz CT molecular complexity index is 370. The Hall–Kier alpha value is -1.36. The monoisotopic (exact) mass is 245 g/mol. The van der Waals surface area contributed by atoms with Gasteiger partial charge in [0.1, 0.15) is 0 Å². The van der Waals surface area contributed by atoms with Gasteiger partial charge in [0.05, 0.1) is 6.42 Å². The molecule has 94 valence electrons. The van der Waals surface area contributed by atoms with E-state index in [2.05, 4.69) is 0 Å². The Kier molecular flexibility index (Phi) is 4.69. The van der Waals surface area contributed by atoms with Crippen molar-refractivity contribution in [3.63, 3.8) is 0 Å². The van der Waals surface area contributed by atoms with Crippen molar-refractivity contribution in [1.29, 1.82) is 0 Å². The minimum atomic E-state index is -4.28. The normalized spacial score (nSPS) is 11.5. The van der Waals surface area contributed by atoms with Crippen LogP contribution < -0.4 is 5.73 Å². The Morgan fingerprint density at radius 3 is 2.24 bits per heavy atom. The summed E-state index contributed by atoms with van der Waals surface area (Å²) in [6.45, 7) is 0.501. The molecule has 0 saturated heterocycles. The van der Waals surface area contributed by atoms with Crippen molar-refractivity contribution in [2.24, 2.45) is 5.73 Å². The van der Waals surface area contributed by atoms with E-state index in [4.69, 9.17) is 5.73 Å². The maximum absolute atomic E-state index is 11.9. The van der Waals surface area contributed by atoms with Gasteiger partial charge < -0.3 is 5.73 Å². The number of hydrogen-bond donors (Lipinski definition) is 1. The van der Waals surface area contributed by atoms with Gasteiger partial charge in [-0.3, -0.25) is 4.79 Å². The summed E-state index contributed by atoms with van der Waals surface area (Å²) in [6.07, 6.45) is -5.16. The first-order chi connectivity index (χ1) is 7.92. The van der Waals surface area contributed by atoms with Gasteiger partial charge in [0.25, 0.3) is 0 Å². The fourth-order valence-electron chi connectivity index (χ4n) is 1.42. The predicted octanol–water partition coefficient (Wildman–Crippen LogP) is 2.71. The van der Waals surface area contributed by atoms with E-state index in [0.717, 1.165) is 5.56 Å². The number of Topliss-reactive ketones (excluding diaryl/α,β-unsaturated/α-hetero) is 1. The number of ketones is 1. The minimum Gasteiger partial charge on any atom is -0.330 e. The zero-order valence-electron chi connectivity index (χ0n) is 9.26. The Labute approximate surface area is 97.6 Å². The molecule has 0 radical (unpaired) electrons. The number of nitrogens with two attached hydrogens (primary N) is 1. The zero-order chi connectivity index (χ0) is 12.9. The van der Waals surface area contributed by atoms with Gasteiger partial charge in [-0.2, -0.15) is 13.2 Å². The van der Waals surface area contributed by atoms with Crippen molar-refractivity contribution in [2.75, 3.05) is 6.54 Å². The van der Waals surface area contributed by atoms with Crippen LogP contribution in [0.25, 0.3) is 0 Å². The third-order valence-electron chi connectivity index (χ3n) is 2.34. The molecule has 0 atom stereocenters. The summed E-state index contributed by atoms with van der Waals surface area (Å²) < 4.78 is 35.8. The topological polar surface area (TPSA) is 43.1 Å². The van der Waals surface area contributed by atoms with Gasteiger partial charge >= 0.3 is 6.18 Å². The zero-order valence-corrected chi connectivity index (χ0v) is 9.26. The van der Waals surface area contributed by atoms with Crippen LogP contribution in [0.1, 0.15) is 28.8 Å². The first-order valence-corrected chi connectivity index (χ1v) is 5.31. The summed E-state index contributed by atoms with van der Waals surface area (Å²) in [5, 5.41) is 0. The smallest absolute Gasteiger partial charge is 0.330 e. The number of rotatable bonds is 5. The summed E-state index contributed by atoms with van der Waals surface area (Å²) in [5.41, 5.74) is 6.65. The summed E-state index contributed by atoms with van der Waals surface area (Å²) in [5.74, 6) is -0.485. The molecule has 0 aliphatic carbocycles. The highest BCUT2D eigenvalue weighted by molar-refractivity contribution is 5.96. The molecule has 0 aromatic heterocycles. The van der Waals surface area contributed by atoms with Crippen LogP contribution in [0.15, 0.2) is 24.3 Å². The van der Waals surface area contributed by atoms with Gasteiger partial charge in [-0.25, -0.2) is 0 Å². The summed E-state index contributed by atoms with van der Waals surface area (Å²) in [7, 11) is 0. The van der Waals surface area contributed by atoms with Crippen molar-refractivity contribution in [1.82, 2.24) is 0 Å². The molecular formula is C12H14F3NO. The van der Waals surface area contributed by atoms with Crippen molar-refractivity contribution in [3.8, 4) is 0 Å². The molecule has 0 saturated carbocycles. The molecule has 0 bridgehead atoms. The molecule has 0 fully saturated rings. The molecule has 1 rings (SSSR count). The lowest BCUT2D eigenvalue weighted by Gasteiger charge is -2.06.